The number of benzene rings is 3. The van der Waals surface area contributed by atoms with Crippen molar-refractivity contribution < 1.29 is 52.4 Å². The zero-order chi connectivity index (χ0) is 34.9. The van der Waals surface area contributed by atoms with Gasteiger partial charge in [-0.05, 0) is 73.0 Å². The van der Waals surface area contributed by atoms with Gasteiger partial charge in [-0.3, -0.25) is 0 Å². The molecular weight excluding hydrogens is 635 g/mol. The summed E-state index contributed by atoms with van der Waals surface area (Å²) in [5.41, 5.74) is 0.780. The fourth-order valence-electron chi connectivity index (χ4n) is 4.57. The van der Waals surface area contributed by atoms with Crippen LogP contribution in [0.25, 0.3) is 0 Å². The molecular formula is C34H42F3N3O8. The van der Waals surface area contributed by atoms with Crippen LogP contribution < -0.4 is 15.7 Å². The molecule has 48 heavy (non-hydrogen) atoms. The van der Waals surface area contributed by atoms with E-state index in [4.69, 9.17) is 14.3 Å². The third-order valence-electron chi connectivity index (χ3n) is 7.02. The number of aromatic hydroxyl groups is 1. The Kier molecular flexibility index (Phi) is 15.6. The second-order valence-corrected chi connectivity index (χ2v) is 10.9. The number of hydroxylamine groups is 1. The zero-order valence-electron chi connectivity index (χ0n) is 26.7. The number of hydrogen-bond acceptors (Lipinski definition) is 9. The van der Waals surface area contributed by atoms with Crippen LogP contribution in [0.15, 0.2) is 66.7 Å². The first-order chi connectivity index (χ1) is 23.0. The molecule has 0 aliphatic rings. The monoisotopic (exact) mass is 677 g/mol. The van der Waals surface area contributed by atoms with Gasteiger partial charge in [-0.2, -0.15) is 13.2 Å². The van der Waals surface area contributed by atoms with Crippen molar-refractivity contribution in [2.75, 3.05) is 43.3 Å². The lowest BCUT2D eigenvalue weighted by Gasteiger charge is -2.21. The second kappa shape index (κ2) is 19.6. The number of nitrogens with zero attached hydrogens (tertiary/aromatic N) is 1. The third-order valence-corrected chi connectivity index (χ3v) is 7.02. The Morgan fingerprint density at radius 3 is 2.42 bits per heavy atom. The fourth-order valence-corrected chi connectivity index (χ4v) is 4.57. The highest BCUT2D eigenvalue weighted by Gasteiger charge is 2.31. The molecule has 2 amide bonds. The van der Waals surface area contributed by atoms with Gasteiger partial charge in [0.25, 0.3) is 0 Å². The molecule has 0 aliphatic heterocycles. The number of carbonyl (C=O) groups is 2. The number of hydrogen-bond donors (Lipinski definition) is 5. The molecule has 0 saturated carbocycles. The van der Waals surface area contributed by atoms with Crippen molar-refractivity contribution in [3.8, 4) is 5.75 Å². The van der Waals surface area contributed by atoms with E-state index in [1.54, 1.807) is 30.3 Å². The molecule has 0 spiro atoms. The number of carbonyl (C=O) groups excluding carboxylic acids is 2. The largest absolute Gasteiger partial charge is 0.508 e. The van der Waals surface area contributed by atoms with Crippen molar-refractivity contribution in [1.29, 1.82) is 0 Å². The minimum atomic E-state index is -4.59. The lowest BCUT2D eigenvalue weighted by molar-refractivity contribution is -0.141. The van der Waals surface area contributed by atoms with E-state index in [-0.39, 0.29) is 30.3 Å². The number of amides is 2. The molecule has 0 aliphatic carbocycles. The van der Waals surface area contributed by atoms with E-state index in [0.29, 0.717) is 48.1 Å². The molecule has 5 N–H and O–H groups in total. The van der Waals surface area contributed by atoms with Gasteiger partial charge in [0, 0.05) is 31.3 Å². The number of halogens is 3. The van der Waals surface area contributed by atoms with Crippen LogP contribution in [0.2, 0.25) is 0 Å². The maximum atomic E-state index is 13.1. The summed E-state index contributed by atoms with van der Waals surface area (Å²) >= 11 is 0. The topological polar surface area (TPSA) is 150 Å². The third kappa shape index (κ3) is 13.1. The Hall–Kier alpha value is -4.21. The van der Waals surface area contributed by atoms with Crippen molar-refractivity contribution >= 4 is 23.4 Å². The lowest BCUT2D eigenvalue weighted by Crippen LogP contribution is -2.36. The molecule has 0 unspecified atom stereocenters. The molecule has 0 aromatic heterocycles. The van der Waals surface area contributed by atoms with Gasteiger partial charge in [-0.25, -0.2) is 9.59 Å². The molecule has 262 valence electrons. The molecule has 3 aromatic carbocycles. The number of aliphatic hydroxyl groups is 2. The number of aliphatic hydroxyl groups excluding tert-OH is 2. The van der Waals surface area contributed by atoms with E-state index >= 15 is 0 Å². The number of anilines is 2. The quantitative estimate of drug-likeness (QED) is 0.0827. The molecule has 14 heteroatoms. The molecule has 0 bridgehead atoms. The number of rotatable bonds is 18. The summed E-state index contributed by atoms with van der Waals surface area (Å²) in [4.78, 5) is 29.6. The number of ether oxygens (including phenoxy) is 2. The molecule has 0 saturated heterocycles. The van der Waals surface area contributed by atoms with E-state index in [0.717, 1.165) is 57.4 Å². The zero-order valence-corrected chi connectivity index (χ0v) is 26.7. The predicted molar refractivity (Wildman–Crippen MR) is 172 cm³/mol. The highest BCUT2D eigenvalue weighted by molar-refractivity contribution is 6.01. The van der Waals surface area contributed by atoms with Crippen LogP contribution in [-0.2, 0) is 38.5 Å². The average Bonchev–Trinajstić information content (AvgIpc) is 3.05. The van der Waals surface area contributed by atoms with Crippen LogP contribution in [0.1, 0.15) is 61.0 Å². The summed E-state index contributed by atoms with van der Waals surface area (Å²) in [6.45, 7) is 3.37. The van der Waals surface area contributed by atoms with Gasteiger partial charge in [0.15, 0.2) is 0 Å². The van der Waals surface area contributed by atoms with Gasteiger partial charge in [0.05, 0.1) is 43.8 Å². The van der Waals surface area contributed by atoms with Gasteiger partial charge >= 0.3 is 18.2 Å². The van der Waals surface area contributed by atoms with Crippen molar-refractivity contribution in [3.05, 3.63) is 89.0 Å². The van der Waals surface area contributed by atoms with Gasteiger partial charge in [-0.15, -0.1) is 5.06 Å². The number of urea groups is 1. The van der Waals surface area contributed by atoms with Crippen LogP contribution >= 0.6 is 0 Å². The van der Waals surface area contributed by atoms with Gasteiger partial charge in [0.2, 0.25) is 0 Å². The molecule has 0 radical (unpaired) electrons. The molecule has 11 nitrogen and oxygen atoms in total. The molecule has 3 rings (SSSR count). The Labute approximate surface area is 277 Å². The van der Waals surface area contributed by atoms with Crippen molar-refractivity contribution in [1.82, 2.24) is 5.32 Å². The van der Waals surface area contributed by atoms with E-state index < -0.39 is 29.8 Å². The first kappa shape index (κ1) is 38.2. The summed E-state index contributed by atoms with van der Waals surface area (Å²) in [7, 11) is 0. The number of phenols is 1. The van der Waals surface area contributed by atoms with Crippen molar-refractivity contribution in [3.63, 3.8) is 0 Å². The smallest absolute Gasteiger partial charge is 0.416 e. The highest BCUT2D eigenvalue weighted by atomic mass is 19.4. The van der Waals surface area contributed by atoms with E-state index in [1.807, 2.05) is 0 Å². The van der Waals surface area contributed by atoms with Crippen LogP contribution in [-0.4, -0.2) is 60.2 Å². The molecule has 3 aromatic rings. The number of alkyl halides is 3. The normalized spacial score (nSPS) is 12.0. The summed E-state index contributed by atoms with van der Waals surface area (Å²) in [6, 6.07) is 14.3. The molecule has 0 fully saturated rings. The Bertz CT molecular complexity index is 1460. The first-order valence-electron chi connectivity index (χ1n) is 15.5. The molecule has 0 heterocycles. The Morgan fingerprint density at radius 2 is 1.67 bits per heavy atom. The van der Waals surface area contributed by atoms with Crippen LogP contribution in [0.4, 0.5) is 29.3 Å². The van der Waals surface area contributed by atoms with Gasteiger partial charge in [-0.1, -0.05) is 37.1 Å². The lowest BCUT2D eigenvalue weighted by atomic mass is 10.1. The van der Waals surface area contributed by atoms with E-state index in [1.165, 1.54) is 18.2 Å². The van der Waals surface area contributed by atoms with Crippen molar-refractivity contribution in [2.24, 2.45) is 0 Å². The summed E-state index contributed by atoms with van der Waals surface area (Å²) < 4.78 is 50.5. The van der Waals surface area contributed by atoms with Gasteiger partial charge < -0.3 is 40.3 Å². The average molecular weight is 678 g/mol. The fraction of sp³-hybridized carbons (Fsp3) is 0.412. The Balaban J connectivity index is 1.30. The first-order valence-corrected chi connectivity index (χ1v) is 15.5. The summed E-state index contributed by atoms with van der Waals surface area (Å²) in [5.74, 6) is -0.802. The maximum absolute atomic E-state index is 13.1. The minimum absolute atomic E-state index is 0.000712. The SMILES string of the molecule is CC(=O)ON(C(=O)Nc1cccc(C(F)(F)F)c1)c1cccc(COCCOCCCCCCNC[C@H](O)c2ccc(O)c(CO)c2)c1. The number of unbranched alkanes of at least 4 members (excludes halogenated alkanes) is 3. The Morgan fingerprint density at radius 1 is 0.917 bits per heavy atom. The second-order valence-electron chi connectivity index (χ2n) is 10.9. The standard InChI is InChI=1S/C34H42F3N3O8/c1-24(42)48-40(33(45)39-29-10-7-9-28(20-29)34(35,36)37)30-11-6-8-25(18-30)23-47-17-16-46-15-5-3-2-4-14-38-21-32(44)26-12-13-31(43)27(19-26)22-41/h6-13,18-20,32,38,41,43-44H,2-5,14-17,21-23H2,1H3,(H,39,45)/t32-/m0/s1. The van der Waals surface area contributed by atoms with Crippen molar-refractivity contribution in [2.45, 2.75) is 58.1 Å². The summed E-state index contributed by atoms with van der Waals surface area (Å²) in [5, 5.41) is 35.4. The minimum Gasteiger partial charge on any atom is -0.508 e. The number of nitrogens with one attached hydrogen (secondary N) is 2. The van der Waals surface area contributed by atoms with E-state index in [9.17, 15) is 38.1 Å². The van der Waals surface area contributed by atoms with Gasteiger partial charge in [0.1, 0.15) is 5.75 Å². The predicted octanol–water partition coefficient (Wildman–Crippen LogP) is 5.84. The van der Waals surface area contributed by atoms with Crippen LogP contribution in [0.3, 0.4) is 0 Å². The highest BCUT2D eigenvalue weighted by Crippen LogP contribution is 2.31. The molecule has 1 atom stereocenters. The van der Waals surface area contributed by atoms with E-state index in [2.05, 4.69) is 10.6 Å². The summed E-state index contributed by atoms with van der Waals surface area (Å²) in [6.07, 6.45) is -1.53. The maximum Gasteiger partial charge on any atom is 0.416 e. The van der Waals surface area contributed by atoms with Crippen LogP contribution in [0.5, 0.6) is 5.75 Å². The van der Waals surface area contributed by atoms with Crippen LogP contribution in [0, 0.1) is 0 Å².